The zero-order chi connectivity index (χ0) is 3.28. The number of hydrazine groups is 1. The summed E-state index contributed by atoms with van der Waals surface area (Å²) >= 11 is 0. The summed E-state index contributed by atoms with van der Waals surface area (Å²) in [7, 11) is 0. The molecule has 2 heteroatoms. The lowest BCUT2D eigenvalue weighted by Gasteiger charge is -2.12. The van der Waals surface area contributed by atoms with E-state index in [1.54, 1.807) is 0 Å². The highest BCUT2D eigenvalue weighted by atomic mass is 15.5. The Bertz CT molecular complexity index is 49.9. The largest absolute Gasteiger partial charge is 0.253 e. The van der Waals surface area contributed by atoms with Gasteiger partial charge in [0, 0.05) is 12.1 Å². The zero-order valence-corrected chi connectivity index (χ0v) is 2.86. The standard InChI is InChI=1S/C3H6N2/c1-2-3(1)5-4-2/h2-5H,1H2. The van der Waals surface area contributed by atoms with Crippen molar-refractivity contribution in [2.75, 3.05) is 0 Å². The predicted molar refractivity (Wildman–Crippen MR) is 18.5 cm³/mol. The van der Waals surface area contributed by atoms with Gasteiger partial charge in [-0.05, 0) is 6.42 Å². The maximum atomic E-state index is 3.03. The first-order valence-electron chi connectivity index (χ1n) is 1.98. The molecule has 2 N–H and O–H groups in total. The molecule has 2 rings (SSSR count). The van der Waals surface area contributed by atoms with Crippen molar-refractivity contribution >= 4 is 0 Å². The van der Waals surface area contributed by atoms with Gasteiger partial charge < -0.3 is 0 Å². The molecule has 0 aromatic carbocycles. The van der Waals surface area contributed by atoms with Crippen molar-refractivity contribution in [3.63, 3.8) is 0 Å². The van der Waals surface area contributed by atoms with Crippen LogP contribution < -0.4 is 10.9 Å². The maximum Gasteiger partial charge on any atom is 0.0396 e. The second-order valence-corrected chi connectivity index (χ2v) is 1.74. The van der Waals surface area contributed by atoms with Crippen LogP contribution in [0, 0.1) is 0 Å². The first-order valence-corrected chi connectivity index (χ1v) is 1.98. The molecule has 2 fully saturated rings. The molecule has 1 saturated heterocycles. The Morgan fingerprint density at radius 2 is 1.80 bits per heavy atom. The Kier molecular flexibility index (Phi) is 0.181. The van der Waals surface area contributed by atoms with Crippen molar-refractivity contribution < 1.29 is 0 Å². The molecule has 2 aliphatic rings. The molecule has 5 heavy (non-hydrogen) atoms. The van der Waals surface area contributed by atoms with Crippen LogP contribution in [0.2, 0.25) is 0 Å². The number of nitrogens with one attached hydrogen (secondary N) is 2. The van der Waals surface area contributed by atoms with Gasteiger partial charge in [-0.1, -0.05) is 0 Å². The summed E-state index contributed by atoms with van der Waals surface area (Å²) < 4.78 is 0. The van der Waals surface area contributed by atoms with E-state index in [1.807, 2.05) is 0 Å². The molecule has 0 amide bonds. The van der Waals surface area contributed by atoms with E-state index < -0.39 is 0 Å². The van der Waals surface area contributed by atoms with E-state index in [1.165, 1.54) is 6.42 Å². The smallest absolute Gasteiger partial charge is 0.0396 e. The van der Waals surface area contributed by atoms with Crippen LogP contribution in [0.5, 0.6) is 0 Å². The summed E-state index contributed by atoms with van der Waals surface area (Å²) in [6.45, 7) is 0. The van der Waals surface area contributed by atoms with Crippen LogP contribution in [0.4, 0.5) is 0 Å². The van der Waals surface area contributed by atoms with Crippen molar-refractivity contribution in [1.82, 2.24) is 10.9 Å². The number of rotatable bonds is 0. The molecule has 0 radical (unpaired) electrons. The van der Waals surface area contributed by atoms with E-state index in [-0.39, 0.29) is 0 Å². The van der Waals surface area contributed by atoms with Gasteiger partial charge >= 0.3 is 0 Å². The minimum absolute atomic E-state index is 0.870. The summed E-state index contributed by atoms with van der Waals surface area (Å²) in [4.78, 5) is 0. The molecule has 1 aliphatic heterocycles. The molecular formula is C3H6N2. The van der Waals surface area contributed by atoms with Gasteiger partial charge in [0.05, 0.1) is 0 Å². The van der Waals surface area contributed by atoms with E-state index in [9.17, 15) is 0 Å². The average molecular weight is 70.1 g/mol. The van der Waals surface area contributed by atoms with Crippen molar-refractivity contribution in [3.8, 4) is 0 Å². The Balaban J connectivity index is 2.19. The second kappa shape index (κ2) is 0.420. The van der Waals surface area contributed by atoms with Gasteiger partial charge in [0.25, 0.3) is 0 Å². The molecule has 1 heterocycles. The van der Waals surface area contributed by atoms with Crippen LogP contribution in [-0.4, -0.2) is 12.1 Å². The summed E-state index contributed by atoms with van der Waals surface area (Å²) in [5, 5.41) is 0. The normalized spacial score (nSPS) is 57.6. The van der Waals surface area contributed by atoms with Gasteiger partial charge in [0.2, 0.25) is 0 Å². The summed E-state index contributed by atoms with van der Waals surface area (Å²) in [5.41, 5.74) is 6.06. The topological polar surface area (TPSA) is 24.1 Å². The van der Waals surface area contributed by atoms with E-state index in [0.717, 1.165) is 12.1 Å². The maximum absolute atomic E-state index is 3.03. The van der Waals surface area contributed by atoms with Gasteiger partial charge in [-0.3, -0.25) is 10.9 Å². The van der Waals surface area contributed by atoms with Gasteiger partial charge in [-0.15, -0.1) is 0 Å². The zero-order valence-electron chi connectivity index (χ0n) is 2.86. The molecule has 2 nitrogen and oxygen atoms in total. The monoisotopic (exact) mass is 70.1 g/mol. The Hall–Kier alpha value is -0.0800. The highest BCUT2D eigenvalue weighted by Gasteiger charge is 2.44. The molecule has 28 valence electrons. The predicted octanol–water partition coefficient (Wildman–Crippen LogP) is -0.765. The number of hydrogen-bond acceptors (Lipinski definition) is 2. The number of hydrogen-bond donors (Lipinski definition) is 2. The summed E-state index contributed by atoms with van der Waals surface area (Å²) in [5.74, 6) is 0. The number of fused-ring (bicyclic) bond motifs is 1. The van der Waals surface area contributed by atoms with Crippen LogP contribution in [0.1, 0.15) is 6.42 Å². The fourth-order valence-electron chi connectivity index (χ4n) is 0.632. The lowest BCUT2D eigenvalue weighted by atomic mass is 10.6. The Morgan fingerprint density at radius 1 is 1.20 bits per heavy atom. The van der Waals surface area contributed by atoms with Crippen molar-refractivity contribution in [2.45, 2.75) is 18.5 Å². The highest BCUT2D eigenvalue weighted by Crippen LogP contribution is 2.25. The van der Waals surface area contributed by atoms with Crippen molar-refractivity contribution in [3.05, 3.63) is 0 Å². The van der Waals surface area contributed by atoms with Crippen LogP contribution >= 0.6 is 0 Å². The van der Waals surface area contributed by atoms with Gasteiger partial charge in [-0.25, -0.2) is 0 Å². The third kappa shape index (κ3) is 0.121. The molecule has 2 unspecified atom stereocenters. The first-order chi connectivity index (χ1) is 2.47. The summed E-state index contributed by atoms with van der Waals surface area (Å²) in [6, 6.07) is 1.74. The Morgan fingerprint density at radius 3 is 1.80 bits per heavy atom. The van der Waals surface area contributed by atoms with E-state index in [2.05, 4.69) is 10.9 Å². The van der Waals surface area contributed by atoms with Crippen LogP contribution in [0.15, 0.2) is 0 Å². The molecule has 1 saturated carbocycles. The van der Waals surface area contributed by atoms with E-state index >= 15 is 0 Å². The lowest BCUT2D eigenvalue weighted by molar-refractivity contribution is 0.415. The van der Waals surface area contributed by atoms with Gasteiger partial charge in [0.1, 0.15) is 0 Å². The fourth-order valence-corrected chi connectivity index (χ4v) is 0.632. The van der Waals surface area contributed by atoms with Crippen LogP contribution in [0.25, 0.3) is 0 Å². The third-order valence-corrected chi connectivity index (χ3v) is 1.24. The summed E-state index contributed by atoms with van der Waals surface area (Å²) in [6.07, 6.45) is 1.36. The quantitative estimate of drug-likeness (QED) is 0.391. The van der Waals surface area contributed by atoms with Crippen molar-refractivity contribution in [1.29, 1.82) is 0 Å². The molecule has 1 aliphatic carbocycles. The van der Waals surface area contributed by atoms with E-state index in [0.29, 0.717) is 0 Å². The van der Waals surface area contributed by atoms with Crippen LogP contribution in [-0.2, 0) is 0 Å². The first kappa shape index (κ1) is 2.16. The van der Waals surface area contributed by atoms with E-state index in [4.69, 9.17) is 0 Å². The molecule has 0 aromatic rings. The molecule has 0 aromatic heterocycles. The van der Waals surface area contributed by atoms with Crippen LogP contribution in [0.3, 0.4) is 0 Å². The second-order valence-electron chi connectivity index (χ2n) is 1.74. The fraction of sp³-hybridized carbons (Fsp3) is 1.00. The van der Waals surface area contributed by atoms with Crippen molar-refractivity contribution in [2.24, 2.45) is 0 Å². The SMILES string of the molecule is C1C2NNC12. The molecule has 0 spiro atoms. The average Bonchev–Trinajstić information content (AvgIpc) is 1.74. The molecule has 0 bridgehead atoms. The lowest BCUT2D eigenvalue weighted by Crippen LogP contribution is -2.49. The third-order valence-electron chi connectivity index (χ3n) is 1.24. The minimum atomic E-state index is 0.870. The molecular weight excluding hydrogens is 64.0 g/mol. The highest BCUT2D eigenvalue weighted by molar-refractivity contribution is 5.05. The Labute approximate surface area is 30.5 Å². The van der Waals surface area contributed by atoms with Gasteiger partial charge in [-0.2, -0.15) is 0 Å². The molecule has 2 atom stereocenters. The minimum Gasteiger partial charge on any atom is -0.253 e. The van der Waals surface area contributed by atoms with Gasteiger partial charge in [0.15, 0.2) is 0 Å².